The molecule has 0 spiro atoms. The van der Waals surface area contributed by atoms with E-state index in [0.717, 1.165) is 5.69 Å². The molecule has 0 saturated heterocycles. The highest BCUT2D eigenvalue weighted by Gasteiger charge is 2.14. The number of hydrogen-bond donors (Lipinski definition) is 1. The molecule has 2 N–H and O–H groups in total. The summed E-state index contributed by atoms with van der Waals surface area (Å²) in [6.45, 7) is 1.86. The van der Waals surface area contributed by atoms with E-state index in [1.54, 1.807) is 22.7 Å². The molecule has 3 aromatic rings. The summed E-state index contributed by atoms with van der Waals surface area (Å²) in [5, 5.41) is 4.30. The zero-order valence-electron chi connectivity index (χ0n) is 9.76. The molecule has 0 amide bonds. The van der Waals surface area contributed by atoms with Gasteiger partial charge in [0, 0.05) is 11.6 Å². The number of benzene rings is 1. The number of nitrogen functional groups attached to an aromatic ring is 1. The number of nitrogens with two attached hydrogens (primary N) is 1. The van der Waals surface area contributed by atoms with Crippen LogP contribution in [0.5, 0.6) is 0 Å². The number of hydrogen-bond acceptors (Lipinski definition) is 3. The van der Waals surface area contributed by atoms with Crippen LogP contribution in [-0.2, 0) is 0 Å². The Hall–Kier alpha value is -2.43. The predicted molar refractivity (Wildman–Crippen MR) is 67.5 cm³/mol. The Balaban J connectivity index is 2.41. The van der Waals surface area contributed by atoms with E-state index in [4.69, 9.17) is 5.73 Å². The quantitative estimate of drug-likeness (QED) is 0.713. The monoisotopic (exact) mass is 242 g/mol. The molecule has 0 saturated carbocycles. The highest BCUT2D eigenvalue weighted by Crippen LogP contribution is 2.28. The van der Waals surface area contributed by atoms with Crippen molar-refractivity contribution in [1.29, 1.82) is 0 Å². The lowest BCUT2D eigenvalue weighted by atomic mass is 10.1. The average molecular weight is 242 g/mol. The Morgan fingerprint density at radius 1 is 1.28 bits per heavy atom. The van der Waals surface area contributed by atoms with Gasteiger partial charge in [0.2, 0.25) is 0 Å². The van der Waals surface area contributed by atoms with E-state index in [-0.39, 0.29) is 5.82 Å². The third-order valence-corrected chi connectivity index (χ3v) is 2.76. The van der Waals surface area contributed by atoms with Crippen molar-refractivity contribution >= 4 is 11.3 Å². The Morgan fingerprint density at radius 2 is 2.06 bits per heavy atom. The number of nitrogens with zero attached hydrogens (tertiary/aromatic N) is 3. The molecular formula is C13H11FN4. The maximum Gasteiger partial charge on any atom is 0.156 e. The molecule has 0 radical (unpaired) electrons. The van der Waals surface area contributed by atoms with Crippen LogP contribution in [0.15, 0.2) is 36.5 Å². The predicted octanol–water partition coefficient (Wildman–Crippen LogP) is 2.43. The van der Waals surface area contributed by atoms with Crippen LogP contribution in [0.3, 0.4) is 0 Å². The molecule has 0 bridgehead atoms. The maximum atomic E-state index is 13.9. The summed E-state index contributed by atoms with van der Waals surface area (Å²) in [6.07, 6.45) is 1.53. The number of aromatic nitrogens is 3. The number of fused-ring (bicyclic) bond motifs is 1. The highest BCUT2D eigenvalue weighted by molar-refractivity contribution is 5.74. The van der Waals surface area contributed by atoms with Gasteiger partial charge >= 0.3 is 0 Å². The third kappa shape index (κ3) is 1.52. The van der Waals surface area contributed by atoms with Gasteiger partial charge in [-0.2, -0.15) is 5.10 Å². The lowest BCUT2D eigenvalue weighted by Gasteiger charge is -2.08. The standard InChI is InChI=1S/C13H11FN4/c1-8-6-12-16-7-11(15)13(18(12)17-8)9-4-2-3-5-10(9)14/h2-7H,15H2,1H3. The number of halogens is 1. The van der Waals surface area contributed by atoms with Crippen molar-refractivity contribution in [2.45, 2.75) is 6.92 Å². The Bertz CT molecular complexity index is 733. The van der Waals surface area contributed by atoms with Gasteiger partial charge in [-0.1, -0.05) is 12.1 Å². The smallest absolute Gasteiger partial charge is 0.156 e. The first-order valence-corrected chi connectivity index (χ1v) is 5.52. The van der Waals surface area contributed by atoms with E-state index >= 15 is 0 Å². The first-order valence-electron chi connectivity index (χ1n) is 5.52. The van der Waals surface area contributed by atoms with Crippen molar-refractivity contribution in [1.82, 2.24) is 14.6 Å². The summed E-state index contributed by atoms with van der Waals surface area (Å²) in [6, 6.07) is 8.31. The Morgan fingerprint density at radius 3 is 2.83 bits per heavy atom. The lowest BCUT2D eigenvalue weighted by Crippen LogP contribution is -2.02. The molecule has 0 fully saturated rings. The summed E-state index contributed by atoms with van der Waals surface area (Å²) in [5.41, 5.74) is 8.72. The summed E-state index contributed by atoms with van der Waals surface area (Å²) in [7, 11) is 0. The minimum absolute atomic E-state index is 0.329. The van der Waals surface area contributed by atoms with Crippen molar-refractivity contribution in [2.24, 2.45) is 0 Å². The van der Waals surface area contributed by atoms with Crippen LogP contribution in [0.2, 0.25) is 0 Å². The fraction of sp³-hybridized carbons (Fsp3) is 0.0769. The van der Waals surface area contributed by atoms with Gasteiger partial charge in [0.15, 0.2) is 5.65 Å². The molecular weight excluding hydrogens is 231 g/mol. The molecule has 90 valence electrons. The molecule has 2 aromatic heterocycles. The van der Waals surface area contributed by atoms with Crippen LogP contribution in [0.25, 0.3) is 16.9 Å². The van der Waals surface area contributed by atoms with Gasteiger partial charge in [-0.15, -0.1) is 0 Å². The lowest BCUT2D eigenvalue weighted by molar-refractivity contribution is 0.630. The molecule has 18 heavy (non-hydrogen) atoms. The molecule has 0 aliphatic rings. The topological polar surface area (TPSA) is 56.2 Å². The van der Waals surface area contributed by atoms with Crippen LogP contribution in [0.4, 0.5) is 10.1 Å². The molecule has 0 atom stereocenters. The Labute approximate surface area is 103 Å². The van der Waals surface area contributed by atoms with Crippen LogP contribution in [0, 0.1) is 12.7 Å². The zero-order chi connectivity index (χ0) is 12.7. The summed E-state index contributed by atoms with van der Waals surface area (Å²) >= 11 is 0. The van der Waals surface area contributed by atoms with Gasteiger partial charge in [0.1, 0.15) is 11.5 Å². The van der Waals surface area contributed by atoms with E-state index in [9.17, 15) is 4.39 Å². The SMILES string of the molecule is Cc1cc2ncc(N)c(-c3ccccc3F)n2n1. The van der Waals surface area contributed by atoms with Crippen molar-refractivity contribution in [3.8, 4) is 11.3 Å². The average Bonchev–Trinajstić information content (AvgIpc) is 2.71. The molecule has 0 aliphatic carbocycles. The van der Waals surface area contributed by atoms with Crippen LogP contribution < -0.4 is 5.73 Å². The fourth-order valence-electron chi connectivity index (χ4n) is 1.98. The van der Waals surface area contributed by atoms with E-state index in [0.29, 0.717) is 22.6 Å². The van der Waals surface area contributed by atoms with Gasteiger partial charge in [-0.25, -0.2) is 13.9 Å². The van der Waals surface area contributed by atoms with Gasteiger partial charge in [0.25, 0.3) is 0 Å². The maximum absolute atomic E-state index is 13.9. The molecule has 0 aliphatic heterocycles. The van der Waals surface area contributed by atoms with Gasteiger partial charge in [-0.05, 0) is 19.1 Å². The second-order valence-corrected chi connectivity index (χ2v) is 4.10. The van der Waals surface area contributed by atoms with Crippen LogP contribution in [-0.4, -0.2) is 14.6 Å². The van der Waals surface area contributed by atoms with Crippen molar-refractivity contribution < 1.29 is 4.39 Å². The third-order valence-electron chi connectivity index (χ3n) is 2.76. The molecule has 0 unspecified atom stereocenters. The second-order valence-electron chi connectivity index (χ2n) is 4.10. The molecule has 2 heterocycles. The normalized spacial score (nSPS) is 11.0. The minimum atomic E-state index is -0.329. The van der Waals surface area contributed by atoms with E-state index in [1.165, 1.54) is 12.3 Å². The first kappa shape index (κ1) is 10.7. The van der Waals surface area contributed by atoms with Crippen LogP contribution >= 0.6 is 0 Å². The van der Waals surface area contributed by atoms with E-state index in [2.05, 4.69) is 10.1 Å². The van der Waals surface area contributed by atoms with E-state index < -0.39 is 0 Å². The van der Waals surface area contributed by atoms with Crippen molar-refractivity contribution in [3.05, 3.63) is 48.0 Å². The number of anilines is 1. The fourth-order valence-corrected chi connectivity index (χ4v) is 1.98. The second kappa shape index (κ2) is 3.80. The van der Waals surface area contributed by atoms with E-state index in [1.807, 2.05) is 13.0 Å². The first-order chi connectivity index (χ1) is 8.66. The van der Waals surface area contributed by atoms with Gasteiger partial charge < -0.3 is 5.73 Å². The molecule has 3 rings (SSSR count). The molecule has 1 aromatic carbocycles. The summed E-state index contributed by atoms with van der Waals surface area (Å²) in [5.74, 6) is -0.329. The number of aryl methyl sites for hydroxylation is 1. The van der Waals surface area contributed by atoms with Crippen molar-refractivity contribution in [3.63, 3.8) is 0 Å². The van der Waals surface area contributed by atoms with Crippen LogP contribution in [0.1, 0.15) is 5.69 Å². The van der Waals surface area contributed by atoms with Crippen molar-refractivity contribution in [2.75, 3.05) is 5.73 Å². The minimum Gasteiger partial charge on any atom is -0.396 e. The summed E-state index contributed by atoms with van der Waals surface area (Å²) < 4.78 is 15.4. The Kier molecular flexibility index (Phi) is 2.26. The van der Waals surface area contributed by atoms with Gasteiger partial charge in [0.05, 0.1) is 17.6 Å². The number of rotatable bonds is 1. The zero-order valence-corrected chi connectivity index (χ0v) is 9.76. The highest BCUT2D eigenvalue weighted by atomic mass is 19.1. The molecule has 4 nitrogen and oxygen atoms in total. The summed E-state index contributed by atoms with van der Waals surface area (Å²) in [4.78, 5) is 4.17. The largest absolute Gasteiger partial charge is 0.396 e. The van der Waals surface area contributed by atoms with Gasteiger partial charge in [-0.3, -0.25) is 0 Å². The molecule has 5 heteroatoms.